The molecular weight excluding hydrogens is 178 g/mol. The summed E-state index contributed by atoms with van der Waals surface area (Å²) < 4.78 is 0. The van der Waals surface area contributed by atoms with Gasteiger partial charge >= 0.3 is 29.0 Å². The number of hydrogen-bond donors (Lipinski definition) is 2. The summed E-state index contributed by atoms with van der Waals surface area (Å²) in [5, 5.41) is 8.52. The van der Waals surface area contributed by atoms with E-state index in [1.807, 2.05) is 30.3 Å². The molecule has 0 spiro atoms. The van der Waals surface area contributed by atoms with Gasteiger partial charge in [-0.05, 0) is 12.0 Å². The number of hydrogen-bond acceptors (Lipinski definition) is 2. The van der Waals surface area contributed by atoms with Crippen LogP contribution in [0.5, 0.6) is 0 Å². The Morgan fingerprint density at radius 3 is 2.38 bits per heavy atom. The van der Waals surface area contributed by atoms with Crippen molar-refractivity contribution in [2.45, 2.75) is 12.5 Å². The molecule has 0 aliphatic rings. The SMILES string of the molecule is NC(Cc1ccccc1)C(=O)O.[MgH2]. The molecular formula is C9H13MgNO2. The van der Waals surface area contributed by atoms with E-state index in [1.165, 1.54) is 0 Å². The molecule has 1 aromatic rings. The second-order valence-corrected chi connectivity index (χ2v) is 2.63. The fourth-order valence-electron chi connectivity index (χ4n) is 0.955. The Morgan fingerprint density at radius 1 is 1.38 bits per heavy atom. The second kappa shape index (κ2) is 5.96. The molecule has 3 nitrogen and oxygen atoms in total. The third kappa shape index (κ3) is 4.26. The van der Waals surface area contributed by atoms with Crippen LogP contribution < -0.4 is 5.73 Å². The number of carboxylic acids is 1. The van der Waals surface area contributed by atoms with Crippen molar-refractivity contribution in [2.24, 2.45) is 5.73 Å². The number of carboxylic acid groups (broad SMARTS) is 1. The van der Waals surface area contributed by atoms with E-state index in [-0.39, 0.29) is 23.1 Å². The van der Waals surface area contributed by atoms with Crippen molar-refractivity contribution in [1.82, 2.24) is 0 Å². The van der Waals surface area contributed by atoms with Crippen LogP contribution in [0.4, 0.5) is 0 Å². The van der Waals surface area contributed by atoms with Crippen LogP contribution in [-0.4, -0.2) is 40.2 Å². The quantitative estimate of drug-likeness (QED) is 0.647. The van der Waals surface area contributed by atoms with E-state index in [4.69, 9.17) is 10.8 Å². The molecule has 0 saturated carbocycles. The number of rotatable bonds is 3. The van der Waals surface area contributed by atoms with Crippen molar-refractivity contribution < 1.29 is 9.90 Å². The van der Waals surface area contributed by atoms with Crippen molar-refractivity contribution in [3.63, 3.8) is 0 Å². The van der Waals surface area contributed by atoms with E-state index in [1.54, 1.807) is 0 Å². The number of benzene rings is 1. The maximum absolute atomic E-state index is 10.4. The minimum Gasteiger partial charge on any atom is -0.480 e. The summed E-state index contributed by atoms with van der Waals surface area (Å²) in [5.41, 5.74) is 6.30. The molecule has 68 valence electrons. The lowest BCUT2D eigenvalue weighted by atomic mass is 10.1. The highest BCUT2D eigenvalue weighted by Gasteiger charge is 2.10. The maximum Gasteiger partial charge on any atom is 0.320 e. The Balaban J connectivity index is 0.00000144. The summed E-state index contributed by atoms with van der Waals surface area (Å²) in [6, 6.07) is 8.54. The molecule has 0 bridgehead atoms. The third-order valence-electron chi connectivity index (χ3n) is 1.62. The van der Waals surface area contributed by atoms with Crippen molar-refractivity contribution in [3.8, 4) is 0 Å². The minimum atomic E-state index is -0.959. The van der Waals surface area contributed by atoms with Gasteiger partial charge in [-0.15, -0.1) is 0 Å². The van der Waals surface area contributed by atoms with Gasteiger partial charge in [0.05, 0.1) is 0 Å². The number of carbonyl (C=O) groups is 1. The van der Waals surface area contributed by atoms with E-state index < -0.39 is 12.0 Å². The standard InChI is InChI=1S/C9H11NO2.Mg.2H/c10-8(9(11)12)6-7-4-2-1-3-5-7;;;/h1-5,8H,6,10H2,(H,11,12);;;. The first-order valence-electron chi connectivity index (χ1n) is 3.72. The summed E-state index contributed by atoms with van der Waals surface area (Å²) in [7, 11) is 0. The van der Waals surface area contributed by atoms with Gasteiger partial charge in [0, 0.05) is 0 Å². The molecule has 0 saturated heterocycles. The van der Waals surface area contributed by atoms with Gasteiger partial charge in [-0.1, -0.05) is 30.3 Å². The highest BCUT2D eigenvalue weighted by molar-refractivity contribution is 5.75. The predicted octanol–water partition coefficient (Wildman–Crippen LogP) is -0.275. The number of nitrogens with two attached hydrogens (primary N) is 1. The zero-order valence-electron chi connectivity index (χ0n) is 6.60. The monoisotopic (exact) mass is 191 g/mol. The molecule has 0 aliphatic heterocycles. The molecule has 1 unspecified atom stereocenters. The van der Waals surface area contributed by atoms with E-state index in [0.29, 0.717) is 6.42 Å². The van der Waals surface area contributed by atoms with Crippen LogP contribution in [0.25, 0.3) is 0 Å². The summed E-state index contributed by atoms with van der Waals surface area (Å²) in [6.45, 7) is 0. The van der Waals surface area contributed by atoms with Crippen LogP contribution in [-0.2, 0) is 11.2 Å². The molecule has 0 fully saturated rings. The van der Waals surface area contributed by atoms with Gasteiger partial charge in [0.1, 0.15) is 6.04 Å². The normalized spacial score (nSPS) is 11.5. The van der Waals surface area contributed by atoms with E-state index in [2.05, 4.69) is 0 Å². The molecule has 1 atom stereocenters. The Labute approximate surface area is 93.1 Å². The summed E-state index contributed by atoms with van der Waals surface area (Å²) in [6.07, 6.45) is 0.385. The molecule has 0 radical (unpaired) electrons. The van der Waals surface area contributed by atoms with E-state index in [0.717, 1.165) is 5.56 Å². The highest BCUT2D eigenvalue weighted by Crippen LogP contribution is 2.01. The van der Waals surface area contributed by atoms with Gasteiger partial charge in [-0.3, -0.25) is 4.79 Å². The maximum atomic E-state index is 10.4. The second-order valence-electron chi connectivity index (χ2n) is 2.63. The predicted molar refractivity (Wildman–Crippen MR) is 54.3 cm³/mol. The Morgan fingerprint density at radius 2 is 1.92 bits per heavy atom. The Bertz CT molecular complexity index is 264. The molecule has 0 aromatic heterocycles. The van der Waals surface area contributed by atoms with Crippen LogP contribution in [0.3, 0.4) is 0 Å². The largest absolute Gasteiger partial charge is 0.480 e. The van der Waals surface area contributed by atoms with Crippen LogP contribution in [0.15, 0.2) is 30.3 Å². The van der Waals surface area contributed by atoms with Crippen molar-refractivity contribution in [3.05, 3.63) is 35.9 Å². The first kappa shape index (κ1) is 12.4. The molecule has 3 N–H and O–H groups in total. The van der Waals surface area contributed by atoms with Crippen molar-refractivity contribution in [2.75, 3.05) is 0 Å². The average Bonchev–Trinajstić information content (AvgIpc) is 2.06. The van der Waals surface area contributed by atoms with Gasteiger partial charge in [0.2, 0.25) is 0 Å². The molecule has 1 rings (SSSR count). The Hall–Kier alpha value is -0.584. The van der Waals surface area contributed by atoms with Gasteiger partial charge in [-0.2, -0.15) is 0 Å². The first-order chi connectivity index (χ1) is 5.70. The molecule has 0 aliphatic carbocycles. The molecule has 4 heteroatoms. The topological polar surface area (TPSA) is 63.3 Å². The van der Waals surface area contributed by atoms with Gasteiger partial charge < -0.3 is 10.8 Å². The fourth-order valence-corrected chi connectivity index (χ4v) is 0.955. The van der Waals surface area contributed by atoms with E-state index >= 15 is 0 Å². The zero-order chi connectivity index (χ0) is 8.97. The van der Waals surface area contributed by atoms with Crippen molar-refractivity contribution in [1.29, 1.82) is 0 Å². The third-order valence-corrected chi connectivity index (χ3v) is 1.62. The molecule has 0 amide bonds. The lowest BCUT2D eigenvalue weighted by Crippen LogP contribution is -2.32. The highest BCUT2D eigenvalue weighted by atomic mass is 24.3. The van der Waals surface area contributed by atoms with Crippen LogP contribution >= 0.6 is 0 Å². The lowest BCUT2D eigenvalue weighted by Gasteiger charge is -2.04. The van der Waals surface area contributed by atoms with Crippen molar-refractivity contribution >= 4 is 29.0 Å². The van der Waals surface area contributed by atoms with Gasteiger partial charge in [0.25, 0.3) is 0 Å². The van der Waals surface area contributed by atoms with Gasteiger partial charge in [-0.25, -0.2) is 0 Å². The van der Waals surface area contributed by atoms with Crippen LogP contribution in [0, 0.1) is 0 Å². The average molecular weight is 192 g/mol. The Kier molecular flexibility index (Phi) is 5.69. The van der Waals surface area contributed by atoms with Gasteiger partial charge in [0.15, 0.2) is 0 Å². The summed E-state index contributed by atoms with van der Waals surface area (Å²) >= 11 is 0. The first-order valence-corrected chi connectivity index (χ1v) is 3.72. The fraction of sp³-hybridized carbons (Fsp3) is 0.222. The summed E-state index contributed by atoms with van der Waals surface area (Å²) in [5.74, 6) is -0.959. The van der Waals surface area contributed by atoms with E-state index in [9.17, 15) is 4.79 Å². The van der Waals surface area contributed by atoms with Crippen LogP contribution in [0.1, 0.15) is 5.56 Å². The minimum absolute atomic E-state index is 0. The molecule has 0 heterocycles. The summed E-state index contributed by atoms with van der Waals surface area (Å²) in [4.78, 5) is 10.4. The number of aliphatic carboxylic acids is 1. The van der Waals surface area contributed by atoms with Crippen LogP contribution in [0.2, 0.25) is 0 Å². The lowest BCUT2D eigenvalue weighted by molar-refractivity contribution is -0.138. The smallest absolute Gasteiger partial charge is 0.320 e. The molecule has 1 aromatic carbocycles. The zero-order valence-corrected chi connectivity index (χ0v) is 6.60. The molecule has 13 heavy (non-hydrogen) atoms.